The molecule has 0 saturated carbocycles. The SMILES string of the molecule is CCCCCCCCC(NN)C1CCOC1. The summed E-state index contributed by atoms with van der Waals surface area (Å²) in [7, 11) is 0. The van der Waals surface area contributed by atoms with Gasteiger partial charge in [-0.3, -0.25) is 11.3 Å². The molecule has 0 amide bonds. The molecule has 1 fully saturated rings. The topological polar surface area (TPSA) is 47.3 Å². The predicted molar refractivity (Wildman–Crippen MR) is 68.0 cm³/mol. The zero-order valence-electron chi connectivity index (χ0n) is 10.7. The van der Waals surface area contributed by atoms with E-state index in [-0.39, 0.29) is 0 Å². The van der Waals surface area contributed by atoms with Gasteiger partial charge in [0.2, 0.25) is 0 Å². The molecule has 3 N–H and O–H groups in total. The van der Waals surface area contributed by atoms with Crippen molar-refractivity contribution in [2.75, 3.05) is 13.2 Å². The molecule has 0 aliphatic carbocycles. The summed E-state index contributed by atoms with van der Waals surface area (Å²) in [5.41, 5.74) is 2.97. The van der Waals surface area contributed by atoms with Gasteiger partial charge in [0.05, 0.1) is 6.61 Å². The lowest BCUT2D eigenvalue weighted by Gasteiger charge is -2.21. The summed E-state index contributed by atoms with van der Waals surface area (Å²) in [5, 5.41) is 0. The molecule has 2 unspecified atom stereocenters. The van der Waals surface area contributed by atoms with Crippen molar-refractivity contribution < 1.29 is 4.74 Å². The van der Waals surface area contributed by atoms with E-state index in [0.29, 0.717) is 12.0 Å². The van der Waals surface area contributed by atoms with Crippen LogP contribution in [0.4, 0.5) is 0 Å². The molecule has 0 radical (unpaired) electrons. The van der Waals surface area contributed by atoms with E-state index in [1.165, 1.54) is 51.4 Å². The smallest absolute Gasteiger partial charge is 0.0510 e. The Labute approximate surface area is 100 Å². The average Bonchev–Trinajstić information content (AvgIpc) is 2.82. The third kappa shape index (κ3) is 5.28. The Morgan fingerprint density at radius 1 is 1.25 bits per heavy atom. The number of ether oxygens (including phenoxy) is 1. The molecule has 1 heterocycles. The molecule has 16 heavy (non-hydrogen) atoms. The molecule has 96 valence electrons. The van der Waals surface area contributed by atoms with Gasteiger partial charge in [-0.05, 0) is 12.8 Å². The number of unbranched alkanes of at least 4 members (excludes halogenated alkanes) is 5. The normalized spacial score (nSPS) is 22.5. The lowest BCUT2D eigenvalue weighted by atomic mass is 9.94. The zero-order chi connectivity index (χ0) is 11.6. The molecule has 0 aromatic heterocycles. The Hall–Kier alpha value is -0.120. The maximum absolute atomic E-state index is 5.61. The molecule has 2 atom stereocenters. The van der Waals surface area contributed by atoms with Crippen LogP contribution >= 0.6 is 0 Å². The Bertz CT molecular complexity index is 158. The van der Waals surface area contributed by atoms with E-state index in [1.807, 2.05) is 0 Å². The summed E-state index contributed by atoms with van der Waals surface area (Å²) in [5.74, 6) is 6.25. The minimum Gasteiger partial charge on any atom is -0.381 e. The first-order valence-corrected chi connectivity index (χ1v) is 6.92. The number of nitrogens with two attached hydrogens (primary N) is 1. The number of hydrogen-bond donors (Lipinski definition) is 2. The van der Waals surface area contributed by atoms with Gasteiger partial charge in [0, 0.05) is 18.6 Å². The largest absolute Gasteiger partial charge is 0.381 e. The van der Waals surface area contributed by atoms with Crippen LogP contribution in [-0.4, -0.2) is 19.3 Å². The van der Waals surface area contributed by atoms with Crippen molar-refractivity contribution in [3.63, 3.8) is 0 Å². The second-order valence-electron chi connectivity index (χ2n) is 4.95. The molecule has 1 aliphatic heterocycles. The van der Waals surface area contributed by atoms with Crippen molar-refractivity contribution >= 4 is 0 Å². The lowest BCUT2D eigenvalue weighted by molar-refractivity contribution is 0.174. The fourth-order valence-corrected chi connectivity index (χ4v) is 2.47. The van der Waals surface area contributed by atoms with Crippen LogP contribution in [0.2, 0.25) is 0 Å². The number of rotatable bonds is 9. The summed E-state index contributed by atoms with van der Waals surface area (Å²) < 4.78 is 5.40. The van der Waals surface area contributed by atoms with Gasteiger partial charge in [-0.2, -0.15) is 0 Å². The zero-order valence-corrected chi connectivity index (χ0v) is 10.7. The molecular weight excluding hydrogens is 200 g/mol. The fraction of sp³-hybridized carbons (Fsp3) is 1.00. The first kappa shape index (κ1) is 13.9. The second-order valence-corrected chi connectivity index (χ2v) is 4.95. The first-order chi connectivity index (χ1) is 7.88. The van der Waals surface area contributed by atoms with E-state index in [1.54, 1.807) is 0 Å². The number of hydrazine groups is 1. The van der Waals surface area contributed by atoms with Crippen molar-refractivity contribution in [3.8, 4) is 0 Å². The van der Waals surface area contributed by atoms with Crippen LogP contribution < -0.4 is 11.3 Å². The quantitative estimate of drug-likeness (QED) is 0.362. The minimum atomic E-state index is 0.466. The van der Waals surface area contributed by atoms with Gasteiger partial charge < -0.3 is 4.74 Å². The van der Waals surface area contributed by atoms with E-state index in [2.05, 4.69) is 12.3 Å². The molecule has 1 rings (SSSR count). The minimum absolute atomic E-state index is 0.466. The van der Waals surface area contributed by atoms with Crippen LogP contribution in [-0.2, 0) is 4.74 Å². The lowest BCUT2D eigenvalue weighted by Crippen LogP contribution is -2.41. The van der Waals surface area contributed by atoms with E-state index < -0.39 is 0 Å². The highest BCUT2D eigenvalue weighted by Gasteiger charge is 2.24. The van der Waals surface area contributed by atoms with Crippen LogP contribution in [0.3, 0.4) is 0 Å². The van der Waals surface area contributed by atoms with Crippen molar-refractivity contribution in [2.45, 2.75) is 64.3 Å². The summed E-state index contributed by atoms with van der Waals surface area (Å²) in [6.45, 7) is 4.07. The maximum atomic E-state index is 5.61. The Morgan fingerprint density at radius 2 is 2.00 bits per heavy atom. The second kappa shape index (κ2) is 8.97. The van der Waals surface area contributed by atoms with Crippen LogP contribution in [0.1, 0.15) is 58.3 Å². The number of nitrogens with one attached hydrogen (secondary N) is 1. The van der Waals surface area contributed by atoms with Gasteiger partial charge in [0.1, 0.15) is 0 Å². The molecule has 1 saturated heterocycles. The average molecular weight is 228 g/mol. The fourth-order valence-electron chi connectivity index (χ4n) is 2.47. The number of hydrogen-bond acceptors (Lipinski definition) is 3. The standard InChI is InChI=1S/C13H28N2O/c1-2-3-4-5-6-7-8-13(15-14)12-9-10-16-11-12/h12-13,15H,2-11,14H2,1H3. The molecule has 0 aromatic carbocycles. The summed E-state index contributed by atoms with van der Waals surface area (Å²) >= 11 is 0. The van der Waals surface area contributed by atoms with Gasteiger partial charge in [0.15, 0.2) is 0 Å². The summed E-state index contributed by atoms with van der Waals surface area (Å²) in [4.78, 5) is 0. The monoisotopic (exact) mass is 228 g/mol. The van der Waals surface area contributed by atoms with Crippen LogP contribution in [0, 0.1) is 5.92 Å². The molecule has 3 heteroatoms. The molecule has 0 aromatic rings. The summed E-state index contributed by atoms with van der Waals surface area (Å²) in [6, 6.07) is 0.466. The predicted octanol–water partition coefficient (Wildman–Crippen LogP) is 2.61. The van der Waals surface area contributed by atoms with E-state index in [4.69, 9.17) is 10.6 Å². The van der Waals surface area contributed by atoms with Gasteiger partial charge in [0.25, 0.3) is 0 Å². The van der Waals surface area contributed by atoms with Crippen LogP contribution in [0.15, 0.2) is 0 Å². The maximum Gasteiger partial charge on any atom is 0.0510 e. The molecular formula is C13H28N2O. The van der Waals surface area contributed by atoms with Crippen LogP contribution in [0.5, 0.6) is 0 Å². The van der Waals surface area contributed by atoms with Crippen molar-refractivity contribution in [2.24, 2.45) is 11.8 Å². The van der Waals surface area contributed by atoms with E-state index in [0.717, 1.165) is 13.2 Å². The van der Waals surface area contributed by atoms with Gasteiger partial charge >= 0.3 is 0 Å². The van der Waals surface area contributed by atoms with E-state index in [9.17, 15) is 0 Å². The summed E-state index contributed by atoms with van der Waals surface area (Å²) in [6.07, 6.45) is 10.5. The van der Waals surface area contributed by atoms with Gasteiger partial charge in [-0.25, -0.2) is 0 Å². The van der Waals surface area contributed by atoms with Crippen molar-refractivity contribution in [3.05, 3.63) is 0 Å². The highest BCUT2D eigenvalue weighted by molar-refractivity contribution is 4.77. The Morgan fingerprint density at radius 3 is 2.62 bits per heavy atom. The Balaban J connectivity index is 2.00. The highest BCUT2D eigenvalue weighted by atomic mass is 16.5. The first-order valence-electron chi connectivity index (χ1n) is 6.92. The molecule has 3 nitrogen and oxygen atoms in total. The molecule has 0 bridgehead atoms. The molecule has 1 aliphatic rings. The van der Waals surface area contributed by atoms with E-state index >= 15 is 0 Å². The van der Waals surface area contributed by atoms with Gasteiger partial charge in [-0.15, -0.1) is 0 Å². The third-order valence-corrected chi connectivity index (χ3v) is 3.62. The third-order valence-electron chi connectivity index (χ3n) is 3.62. The Kier molecular flexibility index (Phi) is 7.81. The van der Waals surface area contributed by atoms with Crippen molar-refractivity contribution in [1.29, 1.82) is 0 Å². The van der Waals surface area contributed by atoms with Crippen molar-refractivity contribution in [1.82, 2.24) is 5.43 Å². The van der Waals surface area contributed by atoms with Crippen LogP contribution in [0.25, 0.3) is 0 Å². The molecule has 0 spiro atoms. The van der Waals surface area contributed by atoms with Gasteiger partial charge in [-0.1, -0.05) is 45.4 Å². The highest BCUT2D eigenvalue weighted by Crippen LogP contribution is 2.20.